The minimum atomic E-state index is -0.771. The van der Waals surface area contributed by atoms with E-state index in [4.69, 9.17) is 9.84 Å². The van der Waals surface area contributed by atoms with Crippen molar-refractivity contribution in [1.29, 1.82) is 0 Å². The number of carboxylic acids is 1. The molecule has 0 aliphatic heterocycles. The van der Waals surface area contributed by atoms with Crippen LogP contribution in [-0.4, -0.2) is 42.3 Å². The number of benzene rings is 2. The molecule has 3 unspecified atom stereocenters. The predicted octanol–water partition coefficient (Wildman–Crippen LogP) is 4.56. The van der Waals surface area contributed by atoms with E-state index in [1.165, 1.54) is 0 Å². The molecule has 0 spiro atoms. The summed E-state index contributed by atoms with van der Waals surface area (Å²) >= 11 is 0. The molecular formula is C28H34N2O5. The Bertz CT molecular complexity index is 1040. The van der Waals surface area contributed by atoms with Crippen LogP contribution in [0.15, 0.2) is 48.5 Å². The van der Waals surface area contributed by atoms with Crippen LogP contribution in [0.25, 0.3) is 11.1 Å². The average Bonchev–Trinajstić information content (AvgIpc) is 3.41. The first-order valence-electron chi connectivity index (χ1n) is 12.4. The van der Waals surface area contributed by atoms with Crippen LogP contribution in [0.4, 0.5) is 4.79 Å². The molecule has 186 valence electrons. The standard InChI is InChI=1S/C28H34N2O5/c1-17(2)26(27(33)29-15-19-12-11-18(13-19)14-25(31)32)30-28(34)35-16-24-22-9-5-3-7-20(22)21-8-4-6-10-23(21)24/h3-10,17-19,24,26H,11-16H2,1-2H3,(H,29,33)(H,30,34)(H,31,32). The highest BCUT2D eigenvalue weighted by molar-refractivity contribution is 5.86. The van der Waals surface area contributed by atoms with Crippen molar-refractivity contribution < 1.29 is 24.2 Å². The Morgan fingerprint density at radius 3 is 2.17 bits per heavy atom. The molecule has 2 aliphatic rings. The van der Waals surface area contributed by atoms with Gasteiger partial charge in [0.15, 0.2) is 0 Å². The van der Waals surface area contributed by atoms with Crippen LogP contribution in [0.2, 0.25) is 0 Å². The van der Waals surface area contributed by atoms with Gasteiger partial charge < -0.3 is 20.5 Å². The van der Waals surface area contributed by atoms with E-state index in [0.717, 1.165) is 41.5 Å². The van der Waals surface area contributed by atoms with Crippen LogP contribution in [0.5, 0.6) is 0 Å². The van der Waals surface area contributed by atoms with E-state index >= 15 is 0 Å². The van der Waals surface area contributed by atoms with Crippen LogP contribution in [-0.2, 0) is 14.3 Å². The first-order valence-corrected chi connectivity index (χ1v) is 12.4. The Morgan fingerprint density at radius 2 is 1.57 bits per heavy atom. The minimum Gasteiger partial charge on any atom is -0.481 e. The summed E-state index contributed by atoms with van der Waals surface area (Å²) in [6, 6.07) is 15.6. The molecule has 7 heteroatoms. The minimum absolute atomic E-state index is 0.0411. The van der Waals surface area contributed by atoms with Gasteiger partial charge in [0.1, 0.15) is 12.6 Å². The summed E-state index contributed by atoms with van der Waals surface area (Å²) in [6.07, 6.45) is 2.16. The molecule has 2 amide bonds. The fourth-order valence-electron chi connectivity index (χ4n) is 5.45. The molecule has 0 radical (unpaired) electrons. The number of ether oxygens (including phenoxy) is 1. The van der Waals surface area contributed by atoms with Gasteiger partial charge in [-0.2, -0.15) is 0 Å². The summed E-state index contributed by atoms with van der Waals surface area (Å²) in [4.78, 5) is 36.5. The van der Waals surface area contributed by atoms with Crippen molar-refractivity contribution in [2.45, 2.75) is 51.5 Å². The van der Waals surface area contributed by atoms with E-state index in [0.29, 0.717) is 6.54 Å². The molecule has 1 saturated carbocycles. The summed E-state index contributed by atoms with van der Waals surface area (Å²) in [7, 11) is 0. The van der Waals surface area contributed by atoms with E-state index in [1.807, 2.05) is 38.1 Å². The molecule has 7 nitrogen and oxygen atoms in total. The fourth-order valence-corrected chi connectivity index (χ4v) is 5.45. The summed E-state index contributed by atoms with van der Waals surface area (Å²) in [5.74, 6) is -0.721. The third-order valence-corrected chi connectivity index (χ3v) is 7.24. The molecule has 0 heterocycles. The van der Waals surface area contributed by atoms with Crippen LogP contribution >= 0.6 is 0 Å². The first kappa shape index (κ1) is 24.8. The molecule has 35 heavy (non-hydrogen) atoms. The van der Waals surface area contributed by atoms with E-state index in [9.17, 15) is 14.4 Å². The molecule has 4 rings (SSSR count). The molecule has 0 bridgehead atoms. The van der Waals surface area contributed by atoms with Crippen molar-refractivity contribution in [3.05, 3.63) is 59.7 Å². The van der Waals surface area contributed by atoms with Crippen molar-refractivity contribution >= 4 is 18.0 Å². The van der Waals surface area contributed by atoms with Crippen LogP contribution in [0, 0.1) is 17.8 Å². The topological polar surface area (TPSA) is 105 Å². The van der Waals surface area contributed by atoms with Gasteiger partial charge in [-0.1, -0.05) is 62.4 Å². The van der Waals surface area contributed by atoms with Gasteiger partial charge >= 0.3 is 12.1 Å². The average molecular weight is 479 g/mol. The Kier molecular flexibility index (Phi) is 7.73. The number of rotatable bonds is 9. The Morgan fingerprint density at radius 1 is 0.971 bits per heavy atom. The highest BCUT2D eigenvalue weighted by atomic mass is 16.5. The third-order valence-electron chi connectivity index (χ3n) is 7.24. The quantitative estimate of drug-likeness (QED) is 0.490. The van der Waals surface area contributed by atoms with E-state index in [2.05, 4.69) is 34.9 Å². The van der Waals surface area contributed by atoms with Gasteiger partial charge in [0.2, 0.25) is 5.91 Å². The second kappa shape index (κ2) is 10.9. The van der Waals surface area contributed by atoms with Crippen LogP contribution < -0.4 is 10.6 Å². The van der Waals surface area contributed by atoms with Crippen molar-refractivity contribution in [2.24, 2.45) is 17.8 Å². The Hall–Kier alpha value is -3.35. The summed E-state index contributed by atoms with van der Waals surface area (Å²) < 4.78 is 5.61. The molecule has 1 fully saturated rings. The van der Waals surface area contributed by atoms with Crippen molar-refractivity contribution in [2.75, 3.05) is 13.2 Å². The number of aliphatic carboxylic acids is 1. The SMILES string of the molecule is CC(C)C(NC(=O)OCC1c2ccccc2-c2ccccc21)C(=O)NCC1CCC(CC(=O)O)C1. The second-order valence-electron chi connectivity index (χ2n) is 10.1. The summed E-state index contributed by atoms with van der Waals surface area (Å²) in [5.41, 5.74) is 4.60. The highest BCUT2D eigenvalue weighted by Gasteiger charge is 2.31. The molecule has 2 aromatic carbocycles. The number of nitrogens with one attached hydrogen (secondary N) is 2. The lowest BCUT2D eigenvalue weighted by Crippen LogP contribution is -2.50. The number of amides is 2. The fraction of sp³-hybridized carbons (Fsp3) is 0.464. The molecule has 2 aliphatic carbocycles. The van der Waals surface area contributed by atoms with Gasteiger partial charge in [-0.3, -0.25) is 9.59 Å². The van der Waals surface area contributed by atoms with Crippen LogP contribution in [0.1, 0.15) is 56.6 Å². The number of fused-ring (bicyclic) bond motifs is 3. The number of hydrogen-bond acceptors (Lipinski definition) is 4. The number of carboxylic acid groups (broad SMARTS) is 1. The number of alkyl carbamates (subject to hydrolysis) is 1. The maximum Gasteiger partial charge on any atom is 0.407 e. The zero-order chi connectivity index (χ0) is 24.9. The summed E-state index contributed by atoms with van der Waals surface area (Å²) in [5, 5.41) is 14.7. The summed E-state index contributed by atoms with van der Waals surface area (Å²) in [6.45, 7) is 4.45. The number of hydrogen-bond donors (Lipinski definition) is 3. The van der Waals surface area contributed by atoms with Crippen LogP contribution in [0.3, 0.4) is 0 Å². The third kappa shape index (κ3) is 5.84. The van der Waals surface area contributed by atoms with Gasteiger partial charge in [-0.25, -0.2) is 4.79 Å². The van der Waals surface area contributed by atoms with Gasteiger partial charge in [-0.05, 0) is 59.3 Å². The zero-order valence-corrected chi connectivity index (χ0v) is 20.3. The van der Waals surface area contributed by atoms with Gasteiger partial charge in [-0.15, -0.1) is 0 Å². The monoisotopic (exact) mass is 478 g/mol. The Labute approximate surface area is 206 Å². The molecule has 3 atom stereocenters. The Balaban J connectivity index is 1.30. The van der Waals surface area contributed by atoms with Gasteiger partial charge in [0.25, 0.3) is 0 Å². The van der Waals surface area contributed by atoms with Gasteiger partial charge in [0, 0.05) is 18.9 Å². The molecule has 0 saturated heterocycles. The van der Waals surface area contributed by atoms with E-state index < -0.39 is 18.1 Å². The molecule has 2 aromatic rings. The largest absolute Gasteiger partial charge is 0.481 e. The van der Waals surface area contributed by atoms with Crippen molar-refractivity contribution in [3.63, 3.8) is 0 Å². The second-order valence-corrected chi connectivity index (χ2v) is 10.1. The van der Waals surface area contributed by atoms with Crippen molar-refractivity contribution in [1.82, 2.24) is 10.6 Å². The molecule has 3 N–H and O–H groups in total. The number of carbonyl (C=O) groups excluding carboxylic acids is 2. The normalized spacial score (nSPS) is 19.6. The lowest BCUT2D eigenvalue weighted by Gasteiger charge is -2.23. The zero-order valence-electron chi connectivity index (χ0n) is 20.3. The predicted molar refractivity (Wildman–Crippen MR) is 133 cm³/mol. The van der Waals surface area contributed by atoms with Gasteiger partial charge in [0.05, 0.1) is 0 Å². The molecular weight excluding hydrogens is 444 g/mol. The maximum absolute atomic E-state index is 12.8. The van der Waals surface area contributed by atoms with Crippen molar-refractivity contribution in [3.8, 4) is 11.1 Å². The van der Waals surface area contributed by atoms with E-state index in [1.54, 1.807) is 0 Å². The highest BCUT2D eigenvalue weighted by Crippen LogP contribution is 2.44. The number of carbonyl (C=O) groups is 3. The lowest BCUT2D eigenvalue weighted by atomic mass is 9.98. The maximum atomic E-state index is 12.8. The molecule has 0 aromatic heterocycles. The van der Waals surface area contributed by atoms with E-state index in [-0.39, 0.29) is 42.6 Å². The lowest BCUT2D eigenvalue weighted by molar-refractivity contribution is -0.138. The first-order chi connectivity index (χ1) is 16.8. The smallest absolute Gasteiger partial charge is 0.407 e.